The monoisotopic (exact) mass is 743 g/mol. The number of aromatic nitrogens is 3. The summed E-state index contributed by atoms with van der Waals surface area (Å²) in [5, 5.41) is 6.10. The normalized spacial score (nSPS) is 11.5. The van der Waals surface area contributed by atoms with Gasteiger partial charge >= 0.3 is 0 Å². The Labute approximate surface area is 334 Å². The third kappa shape index (κ3) is 5.95. The van der Waals surface area contributed by atoms with Crippen LogP contribution in [0.25, 0.3) is 109 Å². The van der Waals surface area contributed by atoms with Crippen LogP contribution in [0.15, 0.2) is 200 Å². The van der Waals surface area contributed by atoms with Crippen molar-refractivity contribution < 1.29 is 0 Å². The number of rotatable bonds is 6. The Morgan fingerprint density at radius 1 is 0.351 bits per heavy atom. The van der Waals surface area contributed by atoms with Gasteiger partial charge in [-0.25, -0.2) is 9.97 Å². The van der Waals surface area contributed by atoms with Crippen molar-refractivity contribution in [1.82, 2.24) is 15.0 Å². The van der Waals surface area contributed by atoms with E-state index in [1.54, 1.807) is 11.3 Å². The summed E-state index contributed by atoms with van der Waals surface area (Å²) in [5.74, 6) is 0.689. The van der Waals surface area contributed by atoms with E-state index in [1.807, 2.05) is 30.5 Å². The summed E-state index contributed by atoms with van der Waals surface area (Å²) in [5.41, 5.74) is 12.7. The summed E-state index contributed by atoms with van der Waals surface area (Å²) in [6.45, 7) is 0. The van der Waals surface area contributed by atoms with Crippen molar-refractivity contribution in [3.8, 4) is 67.3 Å². The van der Waals surface area contributed by atoms with Crippen LogP contribution >= 0.6 is 11.3 Å². The van der Waals surface area contributed by atoms with Crippen LogP contribution in [0.5, 0.6) is 0 Å². The van der Waals surface area contributed by atoms with Gasteiger partial charge in [-0.15, -0.1) is 11.3 Å². The number of nitrogens with zero attached hydrogens (tertiary/aromatic N) is 3. The summed E-state index contributed by atoms with van der Waals surface area (Å²) in [6, 6.07) is 69.1. The maximum atomic E-state index is 5.32. The van der Waals surface area contributed by atoms with Crippen molar-refractivity contribution in [3.05, 3.63) is 200 Å². The molecule has 0 fully saturated rings. The topological polar surface area (TPSA) is 38.7 Å². The van der Waals surface area contributed by atoms with E-state index in [0.29, 0.717) is 5.82 Å². The standard InChI is InChI=1S/C53H33N3S/c1-3-13-34(14-4-1)35-23-25-36(26-24-35)48-33-49(56-53(55-48)37-15-5-2-6-16-37)41-30-39(43-27-28-54-51-46-21-11-12-22-50(46)57-52(43)51)29-40(31-41)47-32-38-17-7-8-18-42(38)44-19-9-10-20-45(44)47/h1-33H. The van der Waals surface area contributed by atoms with Crippen LogP contribution in [-0.2, 0) is 0 Å². The molecule has 4 heteroatoms. The summed E-state index contributed by atoms with van der Waals surface area (Å²) in [4.78, 5) is 15.4. The zero-order chi connectivity index (χ0) is 37.7. The second-order valence-corrected chi connectivity index (χ2v) is 15.4. The third-order valence-corrected chi connectivity index (χ3v) is 12.1. The molecule has 0 bridgehead atoms. The molecule has 11 rings (SSSR count). The highest BCUT2D eigenvalue weighted by Crippen LogP contribution is 2.43. The van der Waals surface area contributed by atoms with Crippen LogP contribution in [0, 0.1) is 0 Å². The maximum absolute atomic E-state index is 5.32. The summed E-state index contributed by atoms with van der Waals surface area (Å²) in [7, 11) is 0. The lowest BCUT2D eigenvalue weighted by Crippen LogP contribution is -1.97. The molecule has 0 aliphatic heterocycles. The zero-order valence-corrected chi connectivity index (χ0v) is 31.6. The average molecular weight is 744 g/mol. The molecular weight excluding hydrogens is 711 g/mol. The molecule has 0 saturated carbocycles. The molecule has 0 atom stereocenters. The molecule has 3 aromatic heterocycles. The van der Waals surface area contributed by atoms with Crippen LogP contribution in [0.2, 0.25) is 0 Å². The molecule has 57 heavy (non-hydrogen) atoms. The lowest BCUT2D eigenvalue weighted by molar-refractivity contribution is 1.18. The second kappa shape index (κ2) is 13.8. The van der Waals surface area contributed by atoms with Gasteiger partial charge in [-0.2, -0.15) is 0 Å². The van der Waals surface area contributed by atoms with Crippen LogP contribution in [0.1, 0.15) is 0 Å². The Kier molecular flexibility index (Phi) is 8.01. The summed E-state index contributed by atoms with van der Waals surface area (Å²) < 4.78 is 2.41. The molecule has 0 saturated heterocycles. The molecule has 0 radical (unpaired) electrons. The molecule has 0 unspecified atom stereocenters. The van der Waals surface area contributed by atoms with Gasteiger partial charge < -0.3 is 0 Å². The number of fused-ring (bicyclic) bond motifs is 6. The van der Waals surface area contributed by atoms with Crippen molar-refractivity contribution in [2.24, 2.45) is 0 Å². The maximum Gasteiger partial charge on any atom is 0.160 e. The van der Waals surface area contributed by atoms with E-state index in [9.17, 15) is 0 Å². The number of benzene rings is 8. The smallest absolute Gasteiger partial charge is 0.160 e. The van der Waals surface area contributed by atoms with Gasteiger partial charge in [0.15, 0.2) is 5.82 Å². The van der Waals surface area contributed by atoms with Crippen LogP contribution < -0.4 is 0 Å². The first-order valence-corrected chi connectivity index (χ1v) is 20.0. The number of thiophene rings is 1. The Balaban J connectivity index is 1.17. The fourth-order valence-electron chi connectivity index (χ4n) is 8.13. The molecule has 0 spiro atoms. The predicted molar refractivity (Wildman–Crippen MR) is 240 cm³/mol. The first kappa shape index (κ1) is 33.1. The van der Waals surface area contributed by atoms with Gasteiger partial charge in [-0.3, -0.25) is 4.98 Å². The summed E-state index contributed by atoms with van der Waals surface area (Å²) in [6.07, 6.45) is 1.95. The minimum absolute atomic E-state index is 0.689. The molecule has 0 N–H and O–H groups in total. The quantitative estimate of drug-likeness (QED) is 0.159. The van der Waals surface area contributed by atoms with Gasteiger partial charge in [0.1, 0.15) is 0 Å². The molecule has 0 aliphatic carbocycles. The van der Waals surface area contributed by atoms with E-state index >= 15 is 0 Å². The molecule has 11 aromatic rings. The van der Waals surface area contributed by atoms with E-state index in [-0.39, 0.29) is 0 Å². The Morgan fingerprint density at radius 2 is 0.912 bits per heavy atom. The molecule has 0 aliphatic rings. The fourth-order valence-corrected chi connectivity index (χ4v) is 9.33. The lowest BCUT2D eigenvalue weighted by atomic mass is 9.90. The molecular formula is C53H33N3S. The van der Waals surface area contributed by atoms with Gasteiger partial charge in [0.05, 0.1) is 21.6 Å². The zero-order valence-electron chi connectivity index (χ0n) is 30.8. The molecule has 3 heterocycles. The average Bonchev–Trinajstić information content (AvgIpc) is 3.68. The lowest BCUT2D eigenvalue weighted by Gasteiger charge is -2.16. The highest BCUT2D eigenvalue weighted by molar-refractivity contribution is 7.26. The van der Waals surface area contributed by atoms with Gasteiger partial charge in [-0.05, 0) is 91.8 Å². The van der Waals surface area contributed by atoms with Gasteiger partial charge in [0.2, 0.25) is 0 Å². The first-order chi connectivity index (χ1) is 28.2. The molecule has 0 amide bonds. The van der Waals surface area contributed by atoms with Crippen molar-refractivity contribution in [3.63, 3.8) is 0 Å². The minimum Gasteiger partial charge on any atom is -0.255 e. The molecule has 3 nitrogen and oxygen atoms in total. The van der Waals surface area contributed by atoms with Crippen LogP contribution in [0.4, 0.5) is 0 Å². The van der Waals surface area contributed by atoms with Crippen LogP contribution in [-0.4, -0.2) is 15.0 Å². The fraction of sp³-hybridized carbons (Fsp3) is 0. The second-order valence-electron chi connectivity index (χ2n) is 14.4. The Hall–Kier alpha value is -7.27. The summed E-state index contributed by atoms with van der Waals surface area (Å²) >= 11 is 1.80. The van der Waals surface area contributed by atoms with Crippen molar-refractivity contribution in [2.45, 2.75) is 0 Å². The van der Waals surface area contributed by atoms with E-state index in [2.05, 4.69) is 170 Å². The minimum atomic E-state index is 0.689. The van der Waals surface area contributed by atoms with Gasteiger partial charge in [0, 0.05) is 38.5 Å². The van der Waals surface area contributed by atoms with Crippen molar-refractivity contribution in [2.75, 3.05) is 0 Å². The van der Waals surface area contributed by atoms with Crippen molar-refractivity contribution >= 4 is 53.2 Å². The van der Waals surface area contributed by atoms with E-state index < -0.39 is 0 Å². The number of pyridine rings is 1. The number of hydrogen-bond donors (Lipinski definition) is 0. The third-order valence-electron chi connectivity index (χ3n) is 10.9. The highest BCUT2D eigenvalue weighted by Gasteiger charge is 2.18. The predicted octanol–water partition coefficient (Wildman–Crippen LogP) is 14.5. The molecule has 8 aromatic carbocycles. The Morgan fingerprint density at radius 3 is 1.68 bits per heavy atom. The molecule has 266 valence electrons. The van der Waals surface area contributed by atoms with Crippen LogP contribution in [0.3, 0.4) is 0 Å². The van der Waals surface area contributed by atoms with Crippen molar-refractivity contribution in [1.29, 1.82) is 0 Å². The van der Waals surface area contributed by atoms with E-state index in [0.717, 1.165) is 50.3 Å². The Bertz CT molecular complexity index is 3280. The van der Waals surface area contributed by atoms with Gasteiger partial charge in [0.25, 0.3) is 0 Å². The first-order valence-electron chi connectivity index (χ1n) is 19.2. The number of hydrogen-bond acceptors (Lipinski definition) is 4. The largest absolute Gasteiger partial charge is 0.255 e. The van der Waals surface area contributed by atoms with E-state index in [4.69, 9.17) is 15.0 Å². The van der Waals surface area contributed by atoms with E-state index in [1.165, 1.54) is 53.0 Å². The SMILES string of the molecule is c1ccc(-c2ccc(-c3cc(-c4cc(-c5cc6ccccc6c6ccccc56)cc(-c5ccnc6c5sc5ccccc56)c4)nc(-c4ccccc4)n3)cc2)cc1. The highest BCUT2D eigenvalue weighted by atomic mass is 32.1. The van der Waals surface area contributed by atoms with Gasteiger partial charge in [-0.1, -0.05) is 152 Å².